The Morgan fingerprint density at radius 2 is 1.83 bits per heavy atom. The normalized spacial score (nSPS) is 11.6. The lowest BCUT2D eigenvalue weighted by Gasteiger charge is -2.06. The largest absolute Gasteiger partial charge is 0.416 e. The van der Waals surface area contributed by atoms with E-state index in [2.05, 4.69) is 4.98 Å². The minimum atomic E-state index is -4.39. The van der Waals surface area contributed by atoms with Gasteiger partial charge in [-0.05, 0) is 19.1 Å². The summed E-state index contributed by atoms with van der Waals surface area (Å²) in [6.45, 7) is 1.76. The second kappa shape index (κ2) is 4.53. The van der Waals surface area contributed by atoms with Gasteiger partial charge in [-0.2, -0.15) is 13.2 Å². The first-order chi connectivity index (χ1) is 8.38. The number of thiazole rings is 1. The van der Waals surface area contributed by atoms with Gasteiger partial charge in [-0.1, -0.05) is 12.1 Å². The predicted octanol–water partition coefficient (Wildman–Crippen LogP) is 3.70. The lowest BCUT2D eigenvalue weighted by Crippen LogP contribution is -2.06. The van der Waals surface area contributed by atoms with Gasteiger partial charge in [0.25, 0.3) is 0 Å². The highest BCUT2D eigenvalue weighted by atomic mass is 32.1. The Bertz CT molecular complexity index is 572. The molecule has 2 aromatic rings. The molecule has 18 heavy (non-hydrogen) atoms. The van der Waals surface area contributed by atoms with Gasteiger partial charge in [-0.15, -0.1) is 11.3 Å². The molecule has 94 valence electrons. The van der Waals surface area contributed by atoms with Crippen LogP contribution in [-0.4, -0.2) is 10.8 Å². The molecule has 1 heterocycles. The number of carbonyl (C=O) groups is 1. The molecule has 0 N–H and O–H groups in total. The molecule has 0 fully saturated rings. The first kappa shape index (κ1) is 12.8. The number of ketones is 1. The zero-order valence-electron chi connectivity index (χ0n) is 9.28. The van der Waals surface area contributed by atoms with Crippen molar-refractivity contribution >= 4 is 17.1 Å². The Hall–Kier alpha value is -1.69. The van der Waals surface area contributed by atoms with Crippen molar-refractivity contribution in [3.63, 3.8) is 0 Å². The Morgan fingerprint density at radius 3 is 2.28 bits per heavy atom. The SMILES string of the molecule is Cc1ncc(C(=O)c2ccc(C(F)(F)F)cc2)s1. The van der Waals surface area contributed by atoms with Crippen LogP contribution in [0.2, 0.25) is 0 Å². The van der Waals surface area contributed by atoms with E-state index in [9.17, 15) is 18.0 Å². The molecular weight excluding hydrogens is 263 g/mol. The standard InChI is InChI=1S/C12H8F3NOS/c1-7-16-6-10(18-7)11(17)8-2-4-9(5-3-8)12(13,14)15/h2-6H,1H3. The summed E-state index contributed by atoms with van der Waals surface area (Å²) in [4.78, 5) is 16.3. The average molecular weight is 271 g/mol. The number of hydrogen-bond acceptors (Lipinski definition) is 3. The highest BCUT2D eigenvalue weighted by Crippen LogP contribution is 2.29. The van der Waals surface area contributed by atoms with Crippen LogP contribution in [0.15, 0.2) is 30.5 Å². The van der Waals surface area contributed by atoms with Crippen molar-refractivity contribution in [3.8, 4) is 0 Å². The minimum Gasteiger partial charge on any atom is -0.288 e. The Labute approximate surface area is 105 Å². The smallest absolute Gasteiger partial charge is 0.288 e. The van der Waals surface area contributed by atoms with E-state index in [0.29, 0.717) is 4.88 Å². The van der Waals surface area contributed by atoms with Gasteiger partial charge >= 0.3 is 6.18 Å². The molecule has 0 aliphatic heterocycles. The first-order valence-corrected chi connectivity index (χ1v) is 5.84. The second-order valence-electron chi connectivity index (χ2n) is 3.65. The number of aryl methyl sites for hydroxylation is 1. The highest BCUT2D eigenvalue weighted by molar-refractivity contribution is 7.13. The van der Waals surface area contributed by atoms with Crippen LogP contribution in [0.25, 0.3) is 0 Å². The number of halogens is 3. The van der Waals surface area contributed by atoms with Gasteiger partial charge in [0, 0.05) is 11.8 Å². The molecule has 1 aromatic heterocycles. The molecule has 2 nitrogen and oxygen atoms in total. The number of aromatic nitrogens is 1. The number of rotatable bonds is 2. The Kier molecular flexibility index (Phi) is 3.21. The molecule has 2 rings (SSSR count). The summed E-state index contributed by atoms with van der Waals surface area (Å²) in [6.07, 6.45) is -2.96. The van der Waals surface area contributed by atoms with E-state index in [-0.39, 0.29) is 11.3 Å². The van der Waals surface area contributed by atoms with Gasteiger partial charge in [0.05, 0.1) is 15.4 Å². The number of hydrogen-bond donors (Lipinski definition) is 0. The van der Waals surface area contributed by atoms with Crippen molar-refractivity contribution in [1.82, 2.24) is 4.98 Å². The molecule has 0 saturated carbocycles. The highest BCUT2D eigenvalue weighted by Gasteiger charge is 2.30. The fourth-order valence-corrected chi connectivity index (χ4v) is 2.16. The fraction of sp³-hybridized carbons (Fsp3) is 0.167. The first-order valence-electron chi connectivity index (χ1n) is 5.02. The molecule has 6 heteroatoms. The van der Waals surface area contributed by atoms with E-state index in [1.165, 1.54) is 29.7 Å². The fourth-order valence-electron chi connectivity index (χ4n) is 1.42. The lowest BCUT2D eigenvalue weighted by molar-refractivity contribution is -0.137. The third-order valence-corrected chi connectivity index (χ3v) is 3.23. The quantitative estimate of drug-likeness (QED) is 0.779. The number of alkyl halides is 3. The summed E-state index contributed by atoms with van der Waals surface area (Å²) >= 11 is 1.22. The van der Waals surface area contributed by atoms with E-state index in [1.807, 2.05) is 0 Å². The molecule has 0 aliphatic carbocycles. The molecule has 0 spiro atoms. The maximum Gasteiger partial charge on any atom is 0.416 e. The molecule has 0 radical (unpaired) electrons. The monoisotopic (exact) mass is 271 g/mol. The average Bonchev–Trinajstić information content (AvgIpc) is 2.74. The van der Waals surface area contributed by atoms with Crippen molar-refractivity contribution in [2.45, 2.75) is 13.1 Å². The lowest BCUT2D eigenvalue weighted by atomic mass is 10.1. The van der Waals surface area contributed by atoms with Crippen molar-refractivity contribution in [2.75, 3.05) is 0 Å². The van der Waals surface area contributed by atoms with Gasteiger partial charge in [-0.25, -0.2) is 4.98 Å². The van der Waals surface area contributed by atoms with Crippen LogP contribution in [0.4, 0.5) is 13.2 Å². The van der Waals surface area contributed by atoms with Crippen LogP contribution in [-0.2, 0) is 6.18 Å². The predicted molar refractivity (Wildman–Crippen MR) is 61.7 cm³/mol. The van der Waals surface area contributed by atoms with Crippen molar-refractivity contribution in [3.05, 3.63) is 51.5 Å². The summed E-state index contributed by atoms with van der Waals surface area (Å²) in [5.41, 5.74) is -0.536. The molecule has 0 atom stereocenters. The molecule has 0 aliphatic rings. The molecule has 0 saturated heterocycles. The summed E-state index contributed by atoms with van der Waals surface area (Å²) in [5, 5.41) is 0.741. The van der Waals surface area contributed by atoms with E-state index >= 15 is 0 Å². The Balaban J connectivity index is 2.28. The van der Waals surface area contributed by atoms with Gasteiger partial charge in [0.1, 0.15) is 0 Å². The van der Waals surface area contributed by atoms with Crippen molar-refractivity contribution < 1.29 is 18.0 Å². The maximum atomic E-state index is 12.4. The van der Waals surface area contributed by atoms with Crippen LogP contribution >= 0.6 is 11.3 Å². The second-order valence-corrected chi connectivity index (χ2v) is 4.88. The van der Waals surface area contributed by atoms with Gasteiger partial charge in [0.2, 0.25) is 5.78 Å². The van der Waals surface area contributed by atoms with Crippen molar-refractivity contribution in [2.24, 2.45) is 0 Å². The third-order valence-electron chi connectivity index (χ3n) is 2.32. The summed E-state index contributed by atoms with van der Waals surface area (Å²) in [7, 11) is 0. The van der Waals surface area contributed by atoms with E-state index in [4.69, 9.17) is 0 Å². The molecular formula is C12H8F3NOS. The maximum absolute atomic E-state index is 12.4. The van der Waals surface area contributed by atoms with Crippen molar-refractivity contribution in [1.29, 1.82) is 0 Å². The topological polar surface area (TPSA) is 30.0 Å². The molecule has 0 bridgehead atoms. The van der Waals surface area contributed by atoms with Gasteiger partial charge in [0.15, 0.2) is 0 Å². The summed E-state index contributed by atoms with van der Waals surface area (Å²) in [6, 6.07) is 4.17. The molecule has 0 unspecified atom stereocenters. The van der Waals surface area contributed by atoms with Crippen LogP contribution in [0.1, 0.15) is 25.8 Å². The number of nitrogens with zero attached hydrogens (tertiary/aromatic N) is 1. The van der Waals surface area contributed by atoms with Gasteiger partial charge < -0.3 is 0 Å². The minimum absolute atomic E-state index is 0.228. The van der Waals surface area contributed by atoms with Crippen LogP contribution in [0, 0.1) is 6.92 Å². The number of carbonyl (C=O) groups excluding carboxylic acids is 1. The van der Waals surface area contributed by atoms with E-state index < -0.39 is 11.7 Å². The molecule has 0 amide bonds. The zero-order chi connectivity index (χ0) is 13.3. The van der Waals surface area contributed by atoms with E-state index in [1.54, 1.807) is 6.92 Å². The third kappa shape index (κ3) is 2.59. The van der Waals surface area contributed by atoms with Crippen LogP contribution < -0.4 is 0 Å². The van der Waals surface area contributed by atoms with Gasteiger partial charge in [-0.3, -0.25) is 4.79 Å². The van der Waals surface area contributed by atoms with E-state index in [0.717, 1.165) is 17.1 Å². The summed E-state index contributed by atoms with van der Waals surface area (Å²) < 4.78 is 37.1. The van der Waals surface area contributed by atoms with Crippen LogP contribution in [0.5, 0.6) is 0 Å². The Morgan fingerprint density at radius 1 is 1.22 bits per heavy atom. The molecule has 1 aromatic carbocycles. The summed E-state index contributed by atoms with van der Waals surface area (Å²) in [5.74, 6) is -0.311. The van der Waals surface area contributed by atoms with Crippen LogP contribution in [0.3, 0.4) is 0 Å². The number of benzene rings is 1. The zero-order valence-corrected chi connectivity index (χ0v) is 10.1.